The molecule has 2 aromatic rings. The third-order valence-electron chi connectivity index (χ3n) is 8.16. The van der Waals surface area contributed by atoms with Gasteiger partial charge >= 0.3 is 11.9 Å². The Morgan fingerprint density at radius 2 is 1.12 bits per heavy atom. The van der Waals surface area contributed by atoms with Crippen molar-refractivity contribution in [1.82, 2.24) is 0 Å². The second-order valence-electron chi connectivity index (χ2n) is 11.8. The lowest BCUT2D eigenvalue weighted by molar-refractivity contribution is -0.134. The summed E-state index contributed by atoms with van der Waals surface area (Å²) in [5.41, 5.74) is 2.45. The number of carbonyl (C=O) groups is 2. The highest BCUT2D eigenvalue weighted by molar-refractivity contribution is 6.21. The van der Waals surface area contributed by atoms with Crippen LogP contribution in [0.4, 0.5) is 0 Å². The summed E-state index contributed by atoms with van der Waals surface area (Å²) in [6.45, 7) is 6.60. The molecule has 0 radical (unpaired) electrons. The number of hydrogen-bond acceptors (Lipinski definition) is 4. The minimum atomic E-state index is -0.369. The van der Waals surface area contributed by atoms with Crippen LogP contribution in [0, 0.1) is 5.92 Å². The quantitative estimate of drug-likeness (QED) is 0.0552. The predicted molar refractivity (Wildman–Crippen MR) is 176 cm³/mol. The Hall–Kier alpha value is -2.33. The van der Waals surface area contributed by atoms with Crippen molar-refractivity contribution in [2.24, 2.45) is 5.92 Å². The van der Waals surface area contributed by atoms with E-state index < -0.39 is 0 Å². The molecule has 0 bridgehead atoms. The number of ether oxygens (including phenoxy) is 2. The molecule has 0 spiro atoms. The van der Waals surface area contributed by atoms with Crippen LogP contribution in [-0.2, 0) is 9.53 Å². The molecule has 2 rings (SSSR count). The van der Waals surface area contributed by atoms with E-state index in [-0.39, 0.29) is 29.8 Å². The molecule has 0 N–H and O–H groups in total. The fourth-order valence-corrected chi connectivity index (χ4v) is 5.24. The molecule has 0 aliphatic carbocycles. The van der Waals surface area contributed by atoms with Crippen molar-refractivity contribution in [2.75, 3.05) is 6.61 Å². The van der Waals surface area contributed by atoms with Gasteiger partial charge < -0.3 is 9.47 Å². The van der Waals surface area contributed by atoms with Crippen LogP contribution in [0.15, 0.2) is 48.5 Å². The predicted octanol–water partition coefficient (Wildman–Crippen LogP) is 11.3. The highest BCUT2D eigenvalue weighted by Gasteiger charge is 2.16. The van der Waals surface area contributed by atoms with Gasteiger partial charge in [0.05, 0.1) is 10.9 Å². The third-order valence-corrected chi connectivity index (χ3v) is 8.72. The summed E-state index contributed by atoms with van der Waals surface area (Å²) in [5.74, 6) is 0.305. The molecule has 0 aliphatic heterocycles. The van der Waals surface area contributed by atoms with Gasteiger partial charge in [0.2, 0.25) is 0 Å². The number of rotatable bonds is 23. The van der Waals surface area contributed by atoms with Crippen LogP contribution in [0.2, 0.25) is 0 Å². The fraction of sp³-hybridized carbons (Fsp3) is 0.622. The summed E-state index contributed by atoms with van der Waals surface area (Å²) >= 11 is 6.28. The number of alkyl halides is 1. The van der Waals surface area contributed by atoms with Gasteiger partial charge in [0.1, 0.15) is 12.4 Å². The largest absolute Gasteiger partial charge is 0.461 e. The lowest BCUT2D eigenvalue weighted by atomic mass is 10.0. The number of esters is 2. The molecule has 2 atom stereocenters. The highest BCUT2D eigenvalue weighted by Crippen LogP contribution is 2.24. The Morgan fingerprint density at radius 3 is 1.60 bits per heavy atom. The smallest absolute Gasteiger partial charge is 0.338 e. The van der Waals surface area contributed by atoms with Crippen LogP contribution in [0.25, 0.3) is 11.1 Å². The van der Waals surface area contributed by atoms with Gasteiger partial charge in [0.15, 0.2) is 0 Å². The second-order valence-corrected chi connectivity index (χ2v) is 12.3. The first kappa shape index (κ1) is 35.9. The maximum absolute atomic E-state index is 12.3. The Morgan fingerprint density at radius 1 is 0.667 bits per heavy atom. The standard InChI is InChI=1S/C37H55ClO4/c1-4-6-7-8-9-10-11-12-13-14-15-16-17-18-19-20-36(39)42-34-27-25-32(26-28-34)31-21-23-33(24-22-31)37(40)41-29-35(38)30(3)5-2/h21-28,30,35H,4-20,29H2,1-3H3. The van der Waals surface area contributed by atoms with E-state index in [1.54, 1.807) is 12.1 Å². The zero-order valence-corrected chi connectivity index (χ0v) is 27.3. The summed E-state index contributed by atoms with van der Waals surface area (Å²) in [4.78, 5) is 24.6. The lowest BCUT2D eigenvalue weighted by Crippen LogP contribution is -2.20. The summed E-state index contributed by atoms with van der Waals surface area (Å²) < 4.78 is 10.9. The minimum absolute atomic E-state index is 0.173. The SMILES string of the molecule is CCCCCCCCCCCCCCCCCC(=O)Oc1ccc(-c2ccc(C(=O)OCC(Cl)C(C)CC)cc2)cc1. The van der Waals surface area contributed by atoms with Gasteiger partial charge in [0.25, 0.3) is 0 Å². The molecule has 0 saturated carbocycles. The maximum atomic E-state index is 12.3. The van der Waals surface area contributed by atoms with Crippen LogP contribution in [0.1, 0.15) is 140 Å². The molecule has 0 amide bonds. The molecule has 5 heteroatoms. The van der Waals surface area contributed by atoms with E-state index in [1.165, 1.54) is 83.5 Å². The van der Waals surface area contributed by atoms with Gasteiger partial charge in [-0.2, -0.15) is 0 Å². The first-order valence-corrected chi connectivity index (χ1v) is 17.1. The number of unbranched alkanes of at least 4 members (excludes halogenated alkanes) is 14. The van der Waals surface area contributed by atoms with Gasteiger partial charge in [-0.1, -0.05) is 141 Å². The Kier molecular flexibility index (Phi) is 19.0. The van der Waals surface area contributed by atoms with Gasteiger partial charge in [-0.3, -0.25) is 4.79 Å². The molecule has 0 fully saturated rings. The van der Waals surface area contributed by atoms with Crippen molar-refractivity contribution < 1.29 is 19.1 Å². The van der Waals surface area contributed by atoms with E-state index in [1.807, 2.05) is 43.3 Å². The van der Waals surface area contributed by atoms with Crippen LogP contribution in [0.5, 0.6) is 5.75 Å². The number of halogens is 1. The molecule has 0 aliphatic rings. The highest BCUT2D eigenvalue weighted by atomic mass is 35.5. The molecular formula is C37H55ClO4. The van der Waals surface area contributed by atoms with Crippen LogP contribution >= 0.6 is 11.6 Å². The lowest BCUT2D eigenvalue weighted by Gasteiger charge is -2.16. The van der Waals surface area contributed by atoms with Crippen molar-refractivity contribution in [3.63, 3.8) is 0 Å². The first-order valence-electron chi connectivity index (χ1n) is 16.7. The molecule has 4 nitrogen and oxygen atoms in total. The van der Waals surface area contributed by atoms with E-state index in [4.69, 9.17) is 21.1 Å². The summed E-state index contributed by atoms with van der Waals surface area (Å²) in [6, 6.07) is 14.8. The van der Waals surface area contributed by atoms with E-state index in [9.17, 15) is 9.59 Å². The van der Waals surface area contributed by atoms with E-state index in [2.05, 4.69) is 13.8 Å². The third kappa shape index (κ3) is 15.2. The maximum Gasteiger partial charge on any atom is 0.338 e. The monoisotopic (exact) mass is 598 g/mol. The topological polar surface area (TPSA) is 52.6 Å². The Bertz CT molecular complexity index is 986. The van der Waals surface area contributed by atoms with Gasteiger partial charge in [0, 0.05) is 6.42 Å². The van der Waals surface area contributed by atoms with Crippen LogP contribution in [-0.4, -0.2) is 23.9 Å². The molecule has 2 aromatic carbocycles. The van der Waals surface area contributed by atoms with E-state index >= 15 is 0 Å². The second kappa shape index (κ2) is 22.2. The molecule has 0 saturated heterocycles. The van der Waals surface area contributed by atoms with Crippen molar-refractivity contribution in [2.45, 2.75) is 135 Å². The normalized spacial score (nSPS) is 12.6. The molecular weight excluding hydrogens is 544 g/mol. The number of hydrogen-bond donors (Lipinski definition) is 0. The molecule has 2 unspecified atom stereocenters. The van der Waals surface area contributed by atoms with Crippen LogP contribution < -0.4 is 4.74 Å². The zero-order chi connectivity index (χ0) is 30.4. The molecule has 234 valence electrons. The van der Waals surface area contributed by atoms with Gasteiger partial charge in [-0.15, -0.1) is 11.6 Å². The summed E-state index contributed by atoms with van der Waals surface area (Å²) in [6.07, 6.45) is 21.0. The molecule has 42 heavy (non-hydrogen) atoms. The molecule has 0 aromatic heterocycles. The van der Waals surface area contributed by atoms with Crippen molar-refractivity contribution in [3.8, 4) is 16.9 Å². The molecule has 0 heterocycles. The Labute approximate surface area is 260 Å². The van der Waals surface area contributed by atoms with E-state index in [0.29, 0.717) is 17.7 Å². The average molecular weight is 599 g/mol. The van der Waals surface area contributed by atoms with Crippen LogP contribution in [0.3, 0.4) is 0 Å². The fourth-order valence-electron chi connectivity index (χ4n) is 5.00. The van der Waals surface area contributed by atoms with Gasteiger partial charge in [-0.05, 0) is 47.7 Å². The Balaban J connectivity index is 1.56. The number of carbonyl (C=O) groups excluding carboxylic acids is 2. The van der Waals surface area contributed by atoms with Gasteiger partial charge in [-0.25, -0.2) is 4.79 Å². The van der Waals surface area contributed by atoms with Crippen molar-refractivity contribution in [3.05, 3.63) is 54.1 Å². The number of benzene rings is 2. The van der Waals surface area contributed by atoms with Crippen molar-refractivity contribution >= 4 is 23.5 Å². The van der Waals surface area contributed by atoms with E-state index in [0.717, 1.165) is 30.4 Å². The van der Waals surface area contributed by atoms with Crippen molar-refractivity contribution in [1.29, 1.82) is 0 Å². The minimum Gasteiger partial charge on any atom is -0.461 e. The summed E-state index contributed by atoms with van der Waals surface area (Å²) in [5, 5.41) is -0.185. The summed E-state index contributed by atoms with van der Waals surface area (Å²) in [7, 11) is 0. The first-order chi connectivity index (χ1) is 20.4. The zero-order valence-electron chi connectivity index (χ0n) is 26.5. The average Bonchev–Trinajstić information content (AvgIpc) is 3.01.